The molecule has 0 saturated heterocycles. The Morgan fingerprint density at radius 3 is 1.86 bits per heavy atom. The van der Waals surface area contributed by atoms with E-state index in [1.807, 2.05) is 0 Å². The molecule has 2 N–H and O–H groups in total. The predicted molar refractivity (Wildman–Crippen MR) is 89.0 cm³/mol. The van der Waals surface area contributed by atoms with Crippen molar-refractivity contribution in [1.82, 2.24) is 0 Å². The zero-order chi connectivity index (χ0) is 16.3. The van der Waals surface area contributed by atoms with Crippen molar-refractivity contribution in [2.24, 2.45) is 10.8 Å². The normalized spacial score (nSPS) is 12.1. The Hall–Kier alpha value is -1.78. The third kappa shape index (κ3) is 6.47. The summed E-state index contributed by atoms with van der Waals surface area (Å²) >= 11 is 0. The van der Waals surface area contributed by atoms with Crippen molar-refractivity contribution < 1.29 is 4.92 Å². The molecule has 0 aliphatic heterocycles. The Morgan fingerprint density at radius 2 is 1.43 bits per heavy atom. The highest BCUT2D eigenvalue weighted by atomic mass is 16.6. The van der Waals surface area contributed by atoms with Crippen molar-refractivity contribution in [2.75, 3.05) is 23.7 Å². The smallest absolute Gasteiger partial charge is 0.271 e. The van der Waals surface area contributed by atoms with Crippen LogP contribution in [0.3, 0.4) is 0 Å². The third-order valence-corrected chi connectivity index (χ3v) is 2.83. The third-order valence-electron chi connectivity index (χ3n) is 2.83. The number of benzene rings is 1. The summed E-state index contributed by atoms with van der Waals surface area (Å²) in [6.07, 6.45) is 0. The number of nitrogens with zero attached hydrogens (tertiary/aromatic N) is 1. The van der Waals surface area contributed by atoms with Gasteiger partial charge in [0.05, 0.1) is 16.3 Å². The van der Waals surface area contributed by atoms with E-state index in [9.17, 15) is 10.1 Å². The summed E-state index contributed by atoms with van der Waals surface area (Å²) in [6.45, 7) is 14.4. The molecule has 0 aliphatic rings. The van der Waals surface area contributed by atoms with Gasteiger partial charge < -0.3 is 10.6 Å². The monoisotopic (exact) mass is 293 g/mol. The summed E-state index contributed by atoms with van der Waals surface area (Å²) < 4.78 is 0. The van der Waals surface area contributed by atoms with Gasteiger partial charge in [-0.3, -0.25) is 10.1 Å². The van der Waals surface area contributed by atoms with Gasteiger partial charge in [0.15, 0.2) is 0 Å². The second-order valence-electron chi connectivity index (χ2n) is 7.82. The van der Waals surface area contributed by atoms with Crippen molar-refractivity contribution in [1.29, 1.82) is 0 Å². The lowest BCUT2D eigenvalue weighted by molar-refractivity contribution is -0.384. The molecule has 1 rings (SSSR count). The Bertz CT molecular complexity index is 499. The van der Waals surface area contributed by atoms with Gasteiger partial charge in [0.1, 0.15) is 0 Å². The second kappa shape index (κ2) is 6.33. The summed E-state index contributed by atoms with van der Waals surface area (Å²) in [5, 5.41) is 17.6. The van der Waals surface area contributed by atoms with Crippen molar-refractivity contribution in [3.05, 3.63) is 28.3 Å². The lowest BCUT2D eigenvalue weighted by atomic mass is 9.96. The zero-order valence-electron chi connectivity index (χ0n) is 13.9. The van der Waals surface area contributed by atoms with Gasteiger partial charge in [-0.1, -0.05) is 41.5 Å². The number of hydrogen-bond acceptors (Lipinski definition) is 4. The first kappa shape index (κ1) is 17.3. The summed E-state index contributed by atoms with van der Waals surface area (Å²) in [7, 11) is 0. The molecule has 0 fully saturated rings. The molecule has 0 unspecified atom stereocenters. The molecular formula is C16H27N3O2. The Labute approximate surface area is 127 Å². The second-order valence-corrected chi connectivity index (χ2v) is 7.82. The van der Waals surface area contributed by atoms with Gasteiger partial charge in [-0.2, -0.15) is 0 Å². The first-order valence-electron chi connectivity index (χ1n) is 7.24. The Balaban J connectivity index is 2.97. The van der Waals surface area contributed by atoms with E-state index in [0.29, 0.717) is 0 Å². The van der Waals surface area contributed by atoms with Gasteiger partial charge in [0.2, 0.25) is 0 Å². The lowest BCUT2D eigenvalue weighted by Crippen LogP contribution is -2.22. The predicted octanol–water partition coefficient (Wildman–Crippen LogP) is 4.51. The van der Waals surface area contributed by atoms with Crippen LogP contribution in [0.2, 0.25) is 0 Å². The fourth-order valence-electron chi connectivity index (χ4n) is 1.67. The molecule has 0 aliphatic carbocycles. The average molecular weight is 293 g/mol. The van der Waals surface area contributed by atoms with Crippen LogP contribution in [-0.4, -0.2) is 18.0 Å². The summed E-state index contributed by atoms with van der Waals surface area (Å²) in [5.74, 6) is 0. The number of hydrogen-bond donors (Lipinski definition) is 2. The Morgan fingerprint density at radius 1 is 0.952 bits per heavy atom. The van der Waals surface area contributed by atoms with E-state index < -0.39 is 0 Å². The molecule has 0 amide bonds. The average Bonchev–Trinajstić information content (AvgIpc) is 2.32. The van der Waals surface area contributed by atoms with Crippen LogP contribution in [0.25, 0.3) is 0 Å². The van der Waals surface area contributed by atoms with E-state index in [2.05, 4.69) is 52.2 Å². The maximum absolute atomic E-state index is 10.9. The highest BCUT2D eigenvalue weighted by Gasteiger charge is 2.16. The van der Waals surface area contributed by atoms with E-state index in [0.717, 1.165) is 24.5 Å². The molecule has 21 heavy (non-hydrogen) atoms. The molecule has 118 valence electrons. The minimum atomic E-state index is -0.365. The summed E-state index contributed by atoms with van der Waals surface area (Å²) in [6, 6.07) is 4.90. The highest BCUT2D eigenvalue weighted by molar-refractivity contribution is 5.72. The molecule has 0 bridgehead atoms. The largest absolute Gasteiger partial charge is 0.383 e. The van der Waals surface area contributed by atoms with Gasteiger partial charge >= 0.3 is 0 Å². The van der Waals surface area contributed by atoms with E-state index >= 15 is 0 Å². The first-order chi connectivity index (χ1) is 9.48. The van der Waals surface area contributed by atoms with Crippen molar-refractivity contribution in [3.8, 4) is 0 Å². The van der Waals surface area contributed by atoms with Crippen molar-refractivity contribution in [2.45, 2.75) is 41.5 Å². The maximum atomic E-state index is 10.9. The molecule has 1 aromatic rings. The van der Waals surface area contributed by atoms with Crippen LogP contribution in [0.4, 0.5) is 17.1 Å². The number of anilines is 2. The molecular weight excluding hydrogens is 266 g/mol. The molecule has 0 spiro atoms. The maximum Gasteiger partial charge on any atom is 0.271 e. The van der Waals surface area contributed by atoms with E-state index in [4.69, 9.17) is 0 Å². The first-order valence-corrected chi connectivity index (χ1v) is 7.24. The van der Waals surface area contributed by atoms with E-state index in [1.54, 1.807) is 12.1 Å². The number of non-ortho nitro benzene ring substituents is 1. The summed E-state index contributed by atoms with van der Waals surface area (Å²) in [4.78, 5) is 10.6. The number of nitro benzene ring substituents is 1. The number of nitrogens with one attached hydrogen (secondary N) is 2. The van der Waals surface area contributed by atoms with Crippen LogP contribution in [0.5, 0.6) is 0 Å². The number of nitro groups is 1. The number of rotatable bonds is 5. The van der Waals surface area contributed by atoms with Crippen molar-refractivity contribution in [3.63, 3.8) is 0 Å². The van der Waals surface area contributed by atoms with Gasteiger partial charge in [-0.15, -0.1) is 0 Å². The van der Waals surface area contributed by atoms with E-state index in [1.165, 1.54) is 6.07 Å². The fourth-order valence-corrected chi connectivity index (χ4v) is 1.67. The van der Waals surface area contributed by atoms with Crippen LogP contribution in [0.1, 0.15) is 41.5 Å². The quantitative estimate of drug-likeness (QED) is 0.619. The topological polar surface area (TPSA) is 67.2 Å². The highest BCUT2D eigenvalue weighted by Crippen LogP contribution is 2.29. The van der Waals surface area contributed by atoms with Crippen LogP contribution in [-0.2, 0) is 0 Å². The molecule has 5 nitrogen and oxygen atoms in total. The minimum Gasteiger partial charge on any atom is -0.383 e. The molecule has 5 heteroatoms. The summed E-state index contributed by atoms with van der Waals surface area (Å²) in [5.41, 5.74) is 2.03. The van der Waals surface area contributed by atoms with Gasteiger partial charge in [-0.05, 0) is 16.9 Å². The Kier molecular flexibility index (Phi) is 5.20. The van der Waals surface area contributed by atoms with Gasteiger partial charge in [-0.25, -0.2) is 0 Å². The molecule has 0 heterocycles. The fraction of sp³-hybridized carbons (Fsp3) is 0.625. The molecule has 0 aromatic heterocycles. The SMILES string of the molecule is CC(C)(C)CNc1ccc([N+](=O)[O-])cc1NCC(C)(C)C. The van der Waals surface area contributed by atoms with E-state index in [-0.39, 0.29) is 21.4 Å². The lowest BCUT2D eigenvalue weighted by Gasteiger charge is -2.24. The molecule has 1 aromatic carbocycles. The molecule has 0 saturated carbocycles. The van der Waals surface area contributed by atoms with Crippen LogP contribution in [0, 0.1) is 20.9 Å². The molecule has 0 radical (unpaired) electrons. The van der Waals surface area contributed by atoms with Gasteiger partial charge in [0, 0.05) is 25.2 Å². The molecule has 0 atom stereocenters. The van der Waals surface area contributed by atoms with Crippen LogP contribution >= 0.6 is 0 Å². The van der Waals surface area contributed by atoms with Crippen molar-refractivity contribution >= 4 is 17.1 Å². The van der Waals surface area contributed by atoms with Gasteiger partial charge in [0.25, 0.3) is 5.69 Å². The van der Waals surface area contributed by atoms with Crippen LogP contribution in [0.15, 0.2) is 18.2 Å². The van der Waals surface area contributed by atoms with Crippen LogP contribution < -0.4 is 10.6 Å². The minimum absolute atomic E-state index is 0.103. The standard InChI is InChI=1S/C16H27N3O2/c1-15(2,3)10-17-13-8-7-12(19(20)21)9-14(13)18-11-16(4,5)6/h7-9,17-18H,10-11H2,1-6H3. The zero-order valence-corrected chi connectivity index (χ0v) is 13.9.